The summed E-state index contributed by atoms with van der Waals surface area (Å²) in [5.41, 5.74) is 0.899. The van der Waals surface area contributed by atoms with E-state index in [0.717, 1.165) is 24.9 Å². The number of rotatable bonds is 2. The molecule has 1 aromatic rings. The molecule has 0 radical (unpaired) electrons. The number of nitrogens with one attached hydrogen (secondary N) is 1. The minimum absolute atomic E-state index is 0.124. The van der Waals surface area contributed by atoms with Crippen LogP contribution in [0.4, 0.5) is 4.39 Å². The van der Waals surface area contributed by atoms with Crippen LogP contribution in [0.15, 0.2) is 12.1 Å². The van der Waals surface area contributed by atoms with Crippen LogP contribution in [0.5, 0.6) is 5.75 Å². The highest BCUT2D eigenvalue weighted by Gasteiger charge is 2.19. The normalized spacial score (nSPS) is 20.6. The van der Waals surface area contributed by atoms with Gasteiger partial charge in [0, 0.05) is 6.04 Å². The molecule has 0 bridgehead atoms. The van der Waals surface area contributed by atoms with E-state index in [9.17, 15) is 4.39 Å². The molecule has 2 rings (SSSR count). The maximum atomic E-state index is 13.5. The van der Waals surface area contributed by atoms with E-state index in [2.05, 4.69) is 5.32 Å². The Morgan fingerprint density at radius 1 is 1.53 bits per heavy atom. The minimum Gasteiger partial charge on any atom is -0.492 e. The van der Waals surface area contributed by atoms with Gasteiger partial charge in [0.15, 0.2) is 11.6 Å². The largest absolute Gasteiger partial charge is 0.492 e. The van der Waals surface area contributed by atoms with Crippen molar-refractivity contribution in [2.75, 3.05) is 13.7 Å². The van der Waals surface area contributed by atoms with Crippen molar-refractivity contribution in [3.63, 3.8) is 0 Å². The number of hydrogen-bond donors (Lipinski definition) is 1. The van der Waals surface area contributed by atoms with E-state index >= 15 is 0 Å². The fourth-order valence-electron chi connectivity index (χ4n) is 1.94. The van der Waals surface area contributed by atoms with Crippen molar-refractivity contribution in [3.05, 3.63) is 28.5 Å². The van der Waals surface area contributed by atoms with Crippen LogP contribution in [-0.2, 0) is 0 Å². The topological polar surface area (TPSA) is 21.3 Å². The average molecular weight is 230 g/mol. The van der Waals surface area contributed by atoms with Crippen molar-refractivity contribution in [1.82, 2.24) is 5.32 Å². The molecule has 0 saturated carbocycles. The predicted molar refractivity (Wildman–Crippen MR) is 57.9 cm³/mol. The summed E-state index contributed by atoms with van der Waals surface area (Å²) in [5.74, 6) is -0.271. The van der Waals surface area contributed by atoms with E-state index in [-0.39, 0.29) is 11.8 Å². The molecule has 1 fully saturated rings. The predicted octanol–water partition coefficient (Wildman–Crippen LogP) is 2.91. The summed E-state index contributed by atoms with van der Waals surface area (Å²) < 4.78 is 18.4. The molecule has 0 unspecified atom stereocenters. The molecule has 1 aliphatic heterocycles. The molecular weight excluding hydrogens is 217 g/mol. The fourth-order valence-corrected chi connectivity index (χ4v) is 2.24. The first-order valence-electron chi connectivity index (χ1n) is 4.98. The lowest BCUT2D eigenvalue weighted by molar-refractivity contribution is 0.386. The zero-order chi connectivity index (χ0) is 10.8. The minimum atomic E-state index is -0.395. The summed E-state index contributed by atoms with van der Waals surface area (Å²) in [5, 5.41) is 3.63. The Morgan fingerprint density at radius 3 is 2.87 bits per heavy atom. The van der Waals surface area contributed by atoms with Gasteiger partial charge < -0.3 is 10.1 Å². The SMILES string of the molecule is COc1c(F)cc([C@@H]2CCCN2)cc1Cl. The second kappa shape index (κ2) is 4.37. The molecular formula is C11H13ClFNO. The van der Waals surface area contributed by atoms with Crippen molar-refractivity contribution in [2.24, 2.45) is 0 Å². The quantitative estimate of drug-likeness (QED) is 0.842. The van der Waals surface area contributed by atoms with Crippen LogP contribution in [-0.4, -0.2) is 13.7 Å². The van der Waals surface area contributed by atoms with Gasteiger partial charge in [-0.1, -0.05) is 11.6 Å². The van der Waals surface area contributed by atoms with E-state index in [1.807, 2.05) is 0 Å². The molecule has 0 aliphatic carbocycles. The van der Waals surface area contributed by atoms with Crippen LogP contribution in [0.3, 0.4) is 0 Å². The smallest absolute Gasteiger partial charge is 0.173 e. The van der Waals surface area contributed by atoms with Gasteiger partial charge in [-0.2, -0.15) is 0 Å². The highest BCUT2D eigenvalue weighted by Crippen LogP contribution is 2.33. The standard InChI is InChI=1S/C11H13ClFNO/c1-15-11-8(12)5-7(6-9(11)13)10-3-2-4-14-10/h5-6,10,14H,2-4H2,1H3/t10-/m0/s1. The van der Waals surface area contributed by atoms with Gasteiger partial charge in [-0.3, -0.25) is 0 Å². The maximum Gasteiger partial charge on any atom is 0.173 e. The van der Waals surface area contributed by atoms with Gasteiger partial charge in [-0.05, 0) is 37.1 Å². The van der Waals surface area contributed by atoms with Crippen molar-refractivity contribution in [3.8, 4) is 5.75 Å². The molecule has 1 atom stereocenters. The molecule has 0 spiro atoms. The summed E-state index contributed by atoms with van der Waals surface area (Å²) in [6, 6.07) is 3.49. The highest BCUT2D eigenvalue weighted by molar-refractivity contribution is 6.32. The number of benzene rings is 1. The number of methoxy groups -OCH3 is 1. The first-order valence-corrected chi connectivity index (χ1v) is 5.36. The van der Waals surface area contributed by atoms with Gasteiger partial charge in [-0.15, -0.1) is 0 Å². The van der Waals surface area contributed by atoms with E-state index < -0.39 is 5.82 Å². The van der Waals surface area contributed by atoms with Gasteiger partial charge in [0.05, 0.1) is 12.1 Å². The molecule has 0 amide bonds. The highest BCUT2D eigenvalue weighted by atomic mass is 35.5. The van der Waals surface area contributed by atoms with Crippen LogP contribution >= 0.6 is 11.6 Å². The Hall–Kier alpha value is -0.800. The molecule has 2 nitrogen and oxygen atoms in total. The van der Waals surface area contributed by atoms with Crippen molar-refractivity contribution >= 4 is 11.6 Å². The molecule has 82 valence electrons. The van der Waals surface area contributed by atoms with E-state index in [0.29, 0.717) is 5.02 Å². The van der Waals surface area contributed by atoms with Gasteiger partial charge in [0.2, 0.25) is 0 Å². The van der Waals surface area contributed by atoms with Crippen LogP contribution in [0.1, 0.15) is 24.4 Å². The third-order valence-corrected chi connectivity index (χ3v) is 2.97. The second-order valence-corrected chi connectivity index (χ2v) is 4.07. The fraction of sp³-hybridized carbons (Fsp3) is 0.455. The molecule has 15 heavy (non-hydrogen) atoms. The molecule has 1 heterocycles. The van der Waals surface area contributed by atoms with Crippen LogP contribution in [0.25, 0.3) is 0 Å². The molecule has 1 aliphatic rings. The Kier molecular flexibility index (Phi) is 3.12. The zero-order valence-corrected chi connectivity index (χ0v) is 9.27. The Labute approximate surface area is 93.4 Å². The average Bonchev–Trinajstić information content (AvgIpc) is 2.69. The monoisotopic (exact) mass is 229 g/mol. The Morgan fingerprint density at radius 2 is 2.33 bits per heavy atom. The summed E-state index contributed by atoms with van der Waals surface area (Å²) >= 11 is 5.92. The Balaban J connectivity index is 2.33. The summed E-state index contributed by atoms with van der Waals surface area (Å²) in [4.78, 5) is 0. The number of halogens is 2. The van der Waals surface area contributed by atoms with Crippen LogP contribution in [0.2, 0.25) is 5.02 Å². The van der Waals surface area contributed by atoms with E-state index in [1.54, 1.807) is 6.07 Å². The van der Waals surface area contributed by atoms with Crippen molar-refractivity contribution < 1.29 is 9.13 Å². The number of hydrogen-bond acceptors (Lipinski definition) is 2. The summed E-state index contributed by atoms with van der Waals surface area (Å²) in [7, 11) is 1.41. The maximum absolute atomic E-state index is 13.5. The first kappa shape index (κ1) is 10.7. The van der Waals surface area contributed by atoms with Gasteiger partial charge in [-0.25, -0.2) is 4.39 Å². The summed E-state index contributed by atoms with van der Waals surface area (Å²) in [6.07, 6.45) is 2.15. The van der Waals surface area contributed by atoms with Crippen LogP contribution < -0.4 is 10.1 Å². The molecule has 1 N–H and O–H groups in total. The molecule has 1 aromatic carbocycles. The molecule has 0 aromatic heterocycles. The van der Waals surface area contributed by atoms with Gasteiger partial charge in [0.1, 0.15) is 0 Å². The zero-order valence-electron chi connectivity index (χ0n) is 8.52. The van der Waals surface area contributed by atoms with E-state index in [4.69, 9.17) is 16.3 Å². The van der Waals surface area contributed by atoms with Crippen molar-refractivity contribution in [1.29, 1.82) is 0 Å². The number of ether oxygens (including phenoxy) is 1. The molecule has 1 saturated heterocycles. The van der Waals surface area contributed by atoms with Gasteiger partial charge in [0.25, 0.3) is 0 Å². The summed E-state index contributed by atoms with van der Waals surface area (Å²) in [6.45, 7) is 0.982. The van der Waals surface area contributed by atoms with Crippen molar-refractivity contribution in [2.45, 2.75) is 18.9 Å². The van der Waals surface area contributed by atoms with E-state index in [1.165, 1.54) is 13.2 Å². The lowest BCUT2D eigenvalue weighted by atomic mass is 10.1. The third kappa shape index (κ3) is 2.08. The second-order valence-electron chi connectivity index (χ2n) is 3.67. The third-order valence-electron chi connectivity index (χ3n) is 2.69. The molecule has 4 heteroatoms. The lowest BCUT2D eigenvalue weighted by Crippen LogP contribution is -2.13. The lowest BCUT2D eigenvalue weighted by Gasteiger charge is -2.13. The Bertz CT molecular complexity index is 341. The van der Waals surface area contributed by atoms with Gasteiger partial charge >= 0.3 is 0 Å². The van der Waals surface area contributed by atoms with Crippen LogP contribution in [0, 0.1) is 5.82 Å². The first-order chi connectivity index (χ1) is 7.22.